The second-order valence-electron chi connectivity index (χ2n) is 2.92. The van der Waals surface area contributed by atoms with E-state index >= 15 is 0 Å². The highest BCUT2D eigenvalue weighted by atomic mass is 19.4. The first kappa shape index (κ1) is 13.1. The molecule has 0 fully saturated rings. The Bertz CT molecular complexity index is 505. The molecular weight excluding hydrogens is 253 g/mol. The van der Waals surface area contributed by atoms with Gasteiger partial charge < -0.3 is 10.1 Å². The quantitative estimate of drug-likeness (QED) is 0.796. The molecule has 0 aliphatic heterocycles. The Morgan fingerprint density at radius 3 is 2.24 bits per heavy atom. The number of hydrogen-bond donors (Lipinski definition) is 2. The molecule has 94 valence electrons. The molecule has 0 radical (unpaired) electrons. The van der Waals surface area contributed by atoms with Crippen molar-refractivity contribution in [2.24, 2.45) is 0 Å². The number of carboxylic acid groups (broad SMARTS) is 1. The second-order valence-corrected chi connectivity index (χ2v) is 2.92. The molecule has 1 heterocycles. The predicted octanol–water partition coefficient (Wildman–Crippen LogP) is 2.03. The highest BCUT2D eigenvalue weighted by Gasteiger charge is 2.41. The van der Waals surface area contributed by atoms with Crippen molar-refractivity contribution < 1.29 is 31.9 Å². The van der Waals surface area contributed by atoms with Crippen molar-refractivity contribution in [1.29, 1.82) is 0 Å². The van der Waals surface area contributed by atoms with Crippen LogP contribution < -0.4 is 5.56 Å². The van der Waals surface area contributed by atoms with E-state index < -0.39 is 40.8 Å². The number of pyridine rings is 1. The van der Waals surface area contributed by atoms with E-state index in [-0.39, 0.29) is 0 Å². The van der Waals surface area contributed by atoms with Crippen LogP contribution in [-0.2, 0) is 6.18 Å². The lowest BCUT2D eigenvalue weighted by Crippen LogP contribution is -2.26. The number of H-pyrrole nitrogens is 1. The number of hydrogen-bond acceptors (Lipinski definition) is 2. The first-order chi connectivity index (χ1) is 7.66. The number of aromatic nitrogens is 1. The number of aromatic carboxylic acids is 1. The number of carboxylic acids is 1. The van der Waals surface area contributed by atoms with Gasteiger partial charge in [-0.15, -0.1) is 0 Å². The van der Waals surface area contributed by atoms with Crippen LogP contribution in [0.5, 0.6) is 0 Å². The van der Waals surface area contributed by atoms with E-state index in [1.165, 1.54) is 4.98 Å². The van der Waals surface area contributed by atoms with Crippen LogP contribution >= 0.6 is 0 Å². The fourth-order valence-corrected chi connectivity index (χ4v) is 1.23. The number of carbonyl (C=O) groups is 1. The van der Waals surface area contributed by atoms with Gasteiger partial charge in [0, 0.05) is 6.20 Å². The summed E-state index contributed by atoms with van der Waals surface area (Å²) < 4.78 is 62.0. The first-order valence-corrected chi connectivity index (χ1v) is 4.00. The average Bonchev–Trinajstić information content (AvgIpc) is 2.14. The lowest BCUT2D eigenvalue weighted by atomic mass is 10.0. The van der Waals surface area contributed by atoms with Gasteiger partial charge >= 0.3 is 12.1 Å². The van der Waals surface area contributed by atoms with Gasteiger partial charge in [-0.2, -0.15) is 13.2 Å². The van der Waals surface area contributed by atoms with Crippen molar-refractivity contribution in [3.63, 3.8) is 0 Å². The Morgan fingerprint density at radius 2 is 1.88 bits per heavy atom. The van der Waals surface area contributed by atoms with Crippen molar-refractivity contribution >= 4 is 5.97 Å². The molecule has 0 saturated carbocycles. The summed E-state index contributed by atoms with van der Waals surface area (Å²) in [7, 11) is 0. The van der Waals surface area contributed by atoms with Crippen LogP contribution in [0.3, 0.4) is 0 Å². The van der Waals surface area contributed by atoms with Crippen LogP contribution in [0.25, 0.3) is 0 Å². The molecule has 0 aromatic carbocycles. The molecular formula is C8H4F5NO3. The monoisotopic (exact) mass is 257 g/mol. The van der Waals surface area contributed by atoms with E-state index in [0.29, 0.717) is 6.20 Å². The standard InChI is InChI=1S/C8H4F5NO3/c9-5(10)3-2(7(16)17)1-14-6(15)4(3)8(11,12)13/h1,5H,(H,14,15)(H,16,17). The molecule has 17 heavy (non-hydrogen) atoms. The SMILES string of the molecule is O=C(O)c1c[nH]c(=O)c(C(F)(F)F)c1C(F)F. The summed E-state index contributed by atoms with van der Waals surface area (Å²) in [4.78, 5) is 22.8. The number of aromatic amines is 1. The summed E-state index contributed by atoms with van der Waals surface area (Å²) in [6, 6.07) is 0. The van der Waals surface area contributed by atoms with Crippen molar-refractivity contribution in [2.75, 3.05) is 0 Å². The summed E-state index contributed by atoms with van der Waals surface area (Å²) in [5.74, 6) is -1.98. The normalized spacial score (nSPS) is 11.9. The van der Waals surface area contributed by atoms with Crippen LogP contribution in [0.4, 0.5) is 22.0 Å². The van der Waals surface area contributed by atoms with E-state index in [9.17, 15) is 31.5 Å². The van der Waals surface area contributed by atoms with E-state index in [1.807, 2.05) is 0 Å². The fourth-order valence-electron chi connectivity index (χ4n) is 1.23. The van der Waals surface area contributed by atoms with Crippen LogP contribution in [0, 0.1) is 0 Å². The highest BCUT2D eigenvalue weighted by molar-refractivity contribution is 5.89. The Kier molecular flexibility index (Phi) is 3.21. The predicted molar refractivity (Wildman–Crippen MR) is 44.0 cm³/mol. The van der Waals surface area contributed by atoms with Crippen LogP contribution in [-0.4, -0.2) is 16.1 Å². The maximum atomic E-state index is 12.4. The smallest absolute Gasteiger partial charge is 0.422 e. The molecule has 0 atom stereocenters. The van der Waals surface area contributed by atoms with Gasteiger partial charge in [0.15, 0.2) is 0 Å². The van der Waals surface area contributed by atoms with Gasteiger partial charge in [0.25, 0.3) is 12.0 Å². The molecule has 1 aromatic rings. The molecule has 0 aliphatic rings. The minimum atomic E-state index is -5.36. The minimum absolute atomic E-state index is 0.307. The maximum Gasteiger partial charge on any atom is 0.422 e. The average molecular weight is 257 g/mol. The Morgan fingerprint density at radius 1 is 1.35 bits per heavy atom. The molecule has 9 heteroatoms. The maximum absolute atomic E-state index is 12.4. The van der Waals surface area contributed by atoms with Crippen LogP contribution in [0.15, 0.2) is 11.0 Å². The number of rotatable bonds is 2. The number of halogens is 5. The van der Waals surface area contributed by atoms with E-state index in [1.54, 1.807) is 0 Å². The molecule has 1 aromatic heterocycles. The van der Waals surface area contributed by atoms with Gasteiger partial charge in [-0.25, -0.2) is 13.6 Å². The zero-order valence-corrected chi connectivity index (χ0v) is 7.81. The molecule has 4 nitrogen and oxygen atoms in total. The molecule has 0 amide bonds. The minimum Gasteiger partial charge on any atom is -0.478 e. The third-order valence-corrected chi connectivity index (χ3v) is 1.87. The second kappa shape index (κ2) is 4.15. The Balaban J connectivity index is 3.73. The highest BCUT2D eigenvalue weighted by Crippen LogP contribution is 2.35. The third-order valence-electron chi connectivity index (χ3n) is 1.87. The Labute approximate surface area is 89.7 Å². The number of alkyl halides is 5. The van der Waals surface area contributed by atoms with E-state index in [0.717, 1.165) is 0 Å². The van der Waals surface area contributed by atoms with E-state index in [2.05, 4.69) is 0 Å². The summed E-state index contributed by atoms with van der Waals surface area (Å²) >= 11 is 0. The van der Waals surface area contributed by atoms with E-state index in [4.69, 9.17) is 5.11 Å². The van der Waals surface area contributed by atoms with Crippen LogP contribution in [0.2, 0.25) is 0 Å². The van der Waals surface area contributed by atoms with Crippen molar-refractivity contribution in [3.05, 3.63) is 33.2 Å². The summed E-state index contributed by atoms with van der Waals surface area (Å²) in [6.07, 6.45) is -8.77. The summed E-state index contributed by atoms with van der Waals surface area (Å²) in [5.41, 5.74) is -7.11. The molecule has 0 aliphatic carbocycles. The van der Waals surface area contributed by atoms with Gasteiger partial charge in [-0.1, -0.05) is 0 Å². The zero-order chi connectivity index (χ0) is 13.4. The molecule has 2 N–H and O–H groups in total. The lowest BCUT2D eigenvalue weighted by Gasteiger charge is -2.13. The van der Waals surface area contributed by atoms with Crippen LogP contribution in [0.1, 0.15) is 27.9 Å². The van der Waals surface area contributed by atoms with Gasteiger partial charge in [0.2, 0.25) is 0 Å². The first-order valence-electron chi connectivity index (χ1n) is 4.00. The fraction of sp³-hybridized carbons (Fsp3) is 0.250. The van der Waals surface area contributed by atoms with Crippen molar-refractivity contribution in [2.45, 2.75) is 12.6 Å². The van der Waals surface area contributed by atoms with Gasteiger partial charge in [0.1, 0.15) is 5.56 Å². The topological polar surface area (TPSA) is 70.2 Å². The van der Waals surface area contributed by atoms with Crippen molar-refractivity contribution in [1.82, 2.24) is 4.98 Å². The largest absolute Gasteiger partial charge is 0.478 e. The molecule has 0 saturated heterocycles. The Hall–Kier alpha value is -1.93. The molecule has 0 bridgehead atoms. The van der Waals surface area contributed by atoms with Crippen molar-refractivity contribution in [3.8, 4) is 0 Å². The van der Waals surface area contributed by atoms with Gasteiger partial charge in [-0.05, 0) is 0 Å². The summed E-state index contributed by atoms with van der Waals surface area (Å²) in [6.45, 7) is 0. The number of nitrogens with one attached hydrogen (secondary N) is 1. The van der Waals surface area contributed by atoms with Gasteiger partial charge in [-0.3, -0.25) is 4.79 Å². The van der Waals surface area contributed by atoms with Gasteiger partial charge in [0.05, 0.1) is 11.1 Å². The third kappa shape index (κ3) is 2.43. The summed E-state index contributed by atoms with van der Waals surface area (Å²) in [5, 5.41) is 8.47. The molecule has 1 rings (SSSR count). The molecule has 0 spiro atoms. The molecule has 0 unspecified atom stereocenters. The zero-order valence-electron chi connectivity index (χ0n) is 7.81. The lowest BCUT2D eigenvalue weighted by molar-refractivity contribution is -0.140.